The van der Waals surface area contributed by atoms with Gasteiger partial charge in [0.15, 0.2) is 0 Å². The van der Waals surface area contributed by atoms with E-state index >= 15 is 0 Å². The van der Waals surface area contributed by atoms with E-state index in [9.17, 15) is 13.2 Å². The van der Waals surface area contributed by atoms with Gasteiger partial charge in [-0.1, -0.05) is 31.2 Å². The number of halogens is 3. The van der Waals surface area contributed by atoms with Crippen LogP contribution in [0.2, 0.25) is 0 Å². The fraction of sp³-hybridized carbons (Fsp3) is 0.400. The Bertz CT molecular complexity index is 294. The highest BCUT2D eigenvalue weighted by Crippen LogP contribution is 2.14. The van der Waals surface area contributed by atoms with E-state index in [0.717, 1.165) is 12.0 Å². The minimum absolute atomic E-state index is 0.159. The van der Waals surface area contributed by atoms with Crippen molar-refractivity contribution in [1.29, 1.82) is 0 Å². The minimum Gasteiger partial charge on any atom is -0.224 e. The van der Waals surface area contributed by atoms with Crippen LogP contribution in [0.4, 0.5) is 13.2 Å². The summed E-state index contributed by atoms with van der Waals surface area (Å²) in [5, 5.41) is 1.51. The topological polar surface area (TPSA) is 12.0 Å². The molecule has 1 aromatic carbocycles. The molecule has 0 saturated carbocycles. The van der Waals surface area contributed by atoms with Gasteiger partial charge in [-0.05, 0) is 17.5 Å². The van der Waals surface area contributed by atoms with E-state index in [2.05, 4.69) is 0 Å². The van der Waals surface area contributed by atoms with Gasteiger partial charge < -0.3 is 0 Å². The second-order valence-electron chi connectivity index (χ2n) is 2.97. The summed E-state index contributed by atoms with van der Waals surface area (Å²) in [6.07, 6.45) is -3.56. The van der Waals surface area contributed by atoms with Crippen LogP contribution in [0.25, 0.3) is 0 Å². The van der Waals surface area contributed by atoms with Crippen molar-refractivity contribution in [2.75, 3.05) is 0 Å². The third kappa shape index (κ3) is 3.38. The number of rotatable bonds is 3. The van der Waals surface area contributed by atoms with E-state index in [-0.39, 0.29) is 6.54 Å². The molecule has 4 heteroatoms. The lowest BCUT2D eigenvalue weighted by Gasteiger charge is -2.11. The maximum absolute atomic E-state index is 11.9. The molecule has 0 saturated heterocycles. The van der Waals surface area contributed by atoms with Gasteiger partial charge in [0.25, 0.3) is 0 Å². The highest BCUT2D eigenvalue weighted by atomic mass is 19.4. The van der Waals surface area contributed by atoms with Crippen LogP contribution in [0.15, 0.2) is 24.3 Å². The number of hydrogen-bond acceptors (Lipinski definition) is 1. The van der Waals surface area contributed by atoms with Crippen LogP contribution in [0.5, 0.6) is 0 Å². The molecule has 78 valence electrons. The first-order chi connectivity index (χ1) is 6.53. The SMILES string of the molecule is CCc1ccccc1CNC(F)(F)F. The fourth-order valence-corrected chi connectivity index (χ4v) is 1.27. The number of benzene rings is 1. The van der Waals surface area contributed by atoms with Crippen molar-refractivity contribution in [1.82, 2.24) is 5.32 Å². The molecule has 14 heavy (non-hydrogen) atoms. The van der Waals surface area contributed by atoms with E-state index in [1.165, 1.54) is 5.32 Å². The molecule has 0 heterocycles. The first-order valence-corrected chi connectivity index (χ1v) is 4.41. The molecule has 1 N–H and O–H groups in total. The summed E-state index contributed by atoms with van der Waals surface area (Å²) in [6, 6.07) is 7.12. The average Bonchev–Trinajstić information content (AvgIpc) is 2.14. The lowest BCUT2D eigenvalue weighted by atomic mass is 10.1. The van der Waals surface area contributed by atoms with Gasteiger partial charge in [-0.2, -0.15) is 13.2 Å². The van der Waals surface area contributed by atoms with Crippen LogP contribution >= 0.6 is 0 Å². The molecule has 0 aliphatic carbocycles. The summed E-state index contributed by atoms with van der Waals surface area (Å²) in [4.78, 5) is 0. The largest absolute Gasteiger partial charge is 0.457 e. The van der Waals surface area contributed by atoms with Crippen LogP contribution in [0, 0.1) is 0 Å². The van der Waals surface area contributed by atoms with Crippen molar-refractivity contribution >= 4 is 0 Å². The molecule has 0 aromatic heterocycles. The Morgan fingerprint density at radius 3 is 2.21 bits per heavy atom. The third-order valence-corrected chi connectivity index (χ3v) is 1.98. The van der Waals surface area contributed by atoms with Crippen molar-refractivity contribution < 1.29 is 13.2 Å². The molecule has 0 amide bonds. The maximum atomic E-state index is 11.9. The molecule has 1 nitrogen and oxygen atoms in total. The zero-order chi connectivity index (χ0) is 10.6. The smallest absolute Gasteiger partial charge is 0.224 e. The lowest BCUT2D eigenvalue weighted by molar-refractivity contribution is -0.158. The first-order valence-electron chi connectivity index (χ1n) is 4.41. The van der Waals surface area contributed by atoms with E-state index in [1.54, 1.807) is 12.1 Å². The molecule has 0 spiro atoms. The standard InChI is InChI=1S/C10H12F3N/c1-2-8-5-3-4-6-9(8)7-14-10(11,12)13/h3-6,14H,2,7H2,1H3. The van der Waals surface area contributed by atoms with Gasteiger partial charge >= 0.3 is 6.30 Å². The Kier molecular flexibility index (Phi) is 3.52. The third-order valence-electron chi connectivity index (χ3n) is 1.98. The summed E-state index contributed by atoms with van der Waals surface area (Å²) < 4.78 is 35.6. The average molecular weight is 203 g/mol. The van der Waals surface area contributed by atoms with Crippen LogP contribution in [-0.4, -0.2) is 6.30 Å². The summed E-state index contributed by atoms with van der Waals surface area (Å²) in [5.74, 6) is 0. The Labute approximate surface area is 80.9 Å². The van der Waals surface area contributed by atoms with E-state index in [4.69, 9.17) is 0 Å². The van der Waals surface area contributed by atoms with Crippen molar-refractivity contribution in [2.45, 2.75) is 26.2 Å². The van der Waals surface area contributed by atoms with Crippen LogP contribution in [0.3, 0.4) is 0 Å². The van der Waals surface area contributed by atoms with Gasteiger partial charge in [-0.3, -0.25) is 0 Å². The number of nitrogens with one attached hydrogen (secondary N) is 1. The minimum atomic E-state index is -4.30. The van der Waals surface area contributed by atoms with E-state index in [0.29, 0.717) is 5.56 Å². The molecule has 0 unspecified atom stereocenters. The molecule has 0 bridgehead atoms. The zero-order valence-electron chi connectivity index (χ0n) is 7.86. The summed E-state index contributed by atoms with van der Waals surface area (Å²) >= 11 is 0. The molecule has 1 rings (SSSR count). The number of alkyl halides is 3. The predicted molar refractivity (Wildman–Crippen MR) is 48.7 cm³/mol. The van der Waals surface area contributed by atoms with Gasteiger partial charge in [0, 0.05) is 6.54 Å². The summed E-state index contributed by atoms with van der Waals surface area (Å²) in [6.45, 7) is 1.76. The number of aryl methyl sites for hydroxylation is 1. The van der Waals surface area contributed by atoms with Gasteiger partial charge in [0.05, 0.1) is 0 Å². The molecule has 0 aliphatic rings. The van der Waals surface area contributed by atoms with E-state index in [1.807, 2.05) is 19.1 Å². The highest BCUT2D eigenvalue weighted by Gasteiger charge is 2.26. The van der Waals surface area contributed by atoms with Crippen LogP contribution < -0.4 is 5.32 Å². The van der Waals surface area contributed by atoms with Crippen LogP contribution in [-0.2, 0) is 13.0 Å². The lowest BCUT2D eigenvalue weighted by Crippen LogP contribution is -2.31. The number of hydrogen-bond donors (Lipinski definition) is 1. The summed E-state index contributed by atoms with van der Waals surface area (Å²) in [5.41, 5.74) is 1.65. The van der Waals surface area contributed by atoms with Crippen molar-refractivity contribution in [3.8, 4) is 0 Å². The van der Waals surface area contributed by atoms with Crippen molar-refractivity contribution in [3.63, 3.8) is 0 Å². The normalized spacial score (nSPS) is 11.7. The Morgan fingerprint density at radius 2 is 1.71 bits per heavy atom. The predicted octanol–water partition coefficient (Wildman–Crippen LogP) is 2.86. The van der Waals surface area contributed by atoms with E-state index < -0.39 is 6.30 Å². The Morgan fingerprint density at radius 1 is 1.14 bits per heavy atom. The Balaban J connectivity index is 2.67. The maximum Gasteiger partial charge on any atom is 0.457 e. The van der Waals surface area contributed by atoms with Crippen molar-refractivity contribution in [3.05, 3.63) is 35.4 Å². The monoisotopic (exact) mass is 203 g/mol. The second kappa shape index (κ2) is 4.46. The quantitative estimate of drug-likeness (QED) is 0.745. The van der Waals surface area contributed by atoms with Gasteiger partial charge in [0.1, 0.15) is 0 Å². The molecular weight excluding hydrogens is 191 g/mol. The molecule has 1 aromatic rings. The van der Waals surface area contributed by atoms with Crippen molar-refractivity contribution in [2.24, 2.45) is 0 Å². The first kappa shape index (κ1) is 11.0. The second-order valence-corrected chi connectivity index (χ2v) is 2.97. The molecule has 0 atom stereocenters. The molecule has 0 fully saturated rings. The van der Waals surface area contributed by atoms with Crippen LogP contribution in [0.1, 0.15) is 18.1 Å². The fourth-order valence-electron chi connectivity index (χ4n) is 1.27. The summed E-state index contributed by atoms with van der Waals surface area (Å²) in [7, 11) is 0. The van der Waals surface area contributed by atoms with Gasteiger partial charge in [-0.25, -0.2) is 5.32 Å². The molecule has 0 radical (unpaired) electrons. The molecular formula is C10H12F3N. The van der Waals surface area contributed by atoms with Gasteiger partial charge in [-0.15, -0.1) is 0 Å². The Hall–Kier alpha value is -1.03. The highest BCUT2D eigenvalue weighted by molar-refractivity contribution is 5.26. The zero-order valence-corrected chi connectivity index (χ0v) is 7.86. The molecule has 0 aliphatic heterocycles. The van der Waals surface area contributed by atoms with Gasteiger partial charge in [0.2, 0.25) is 0 Å².